The summed E-state index contributed by atoms with van der Waals surface area (Å²) in [6, 6.07) is 4.93. The first-order chi connectivity index (χ1) is 6.77. The predicted molar refractivity (Wildman–Crippen MR) is 53.5 cm³/mol. The van der Waals surface area contributed by atoms with E-state index in [-0.39, 0.29) is 11.9 Å². The van der Waals surface area contributed by atoms with Crippen LogP contribution >= 0.6 is 15.9 Å². The van der Waals surface area contributed by atoms with Gasteiger partial charge in [0.1, 0.15) is 11.9 Å². The first-order valence-electron chi connectivity index (χ1n) is 4.39. The lowest BCUT2D eigenvalue weighted by molar-refractivity contribution is -0.135. The highest BCUT2D eigenvalue weighted by Crippen LogP contribution is 2.22. The Bertz CT molecular complexity index is 326. The molecule has 0 aromatic heterocycles. The van der Waals surface area contributed by atoms with E-state index in [4.69, 9.17) is 9.47 Å². The molecular weight excluding hydrogens is 251 g/mol. The third-order valence-corrected chi connectivity index (χ3v) is 3.00. The fourth-order valence-electron chi connectivity index (χ4n) is 1.18. The zero-order valence-corrected chi connectivity index (χ0v) is 9.09. The Kier molecular flexibility index (Phi) is 3.15. The van der Waals surface area contributed by atoms with Crippen LogP contribution in [0.15, 0.2) is 22.7 Å². The summed E-state index contributed by atoms with van der Waals surface area (Å²) in [6.07, 6.45) is 0.171. The van der Waals surface area contributed by atoms with Gasteiger partial charge in [-0.25, -0.2) is 4.39 Å². The summed E-state index contributed by atoms with van der Waals surface area (Å²) in [4.78, 5) is 0. The van der Waals surface area contributed by atoms with Crippen molar-refractivity contribution in [3.8, 4) is 0 Å². The average Bonchev–Trinajstić information content (AvgIpc) is 2.09. The Hall–Kier alpha value is -0.450. The molecule has 0 saturated carbocycles. The summed E-state index contributed by atoms with van der Waals surface area (Å²) in [7, 11) is 0. The molecule has 0 amide bonds. The molecule has 1 saturated heterocycles. The van der Waals surface area contributed by atoms with E-state index in [1.165, 1.54) is 6.07 Å². The summed E-state index contributed by atoms with van der Waals surface area (Å²) in [5, 5.41) is 0. The quantitative estimate of drug-likeness (QED) is 0.832. The highest BCUT2D eigenvalue weighted by molar-refractivity contribution is 9.10. The molecule has 0 atom stereocenters. The molecule has 0 N–H and O–H groups in total. The molecule has 0 spiro atoms. The van der Waals surface area contributed by atoms with Crippen molar-refractivity contribution in [3.05, 3.63) is 34.1 Å². The van der Waals surface area contributed by atoms with Gasteiger partial charge in [-0.05, 0) is 27.6 Å². The van der Waals surface area contributed by atoms with Crippen molar-refractivity contribution in [2.45, 2.75) is 12.7 Å². The van der Waals surface area contributed by atoms with Crippen molar-refractivity contribution in [1.29, 1.82) is 0 Å². The number of hydrogen-bond acceptors (Lipinski definition) is 2. The van der Waals surface area contributed by atoms with E-state index >= 15 is 0 Å². The SMILES string of the molecule is Fc1cccc(COC2COC2)c1Br. The van der Waals surface area contributed by atoms with E-state index in [1.807, 2.05) is 6.07 Å². The van der Waals surface area contributed by atoms with Crippen molar-refractivity contribution in [2.75, 3.05) is 13.2 Å². The van der Waals surface area contributed by atoms with E-state index in [1.54, 1.807) is 6.07 Å². The molecule has 1 aromatic rings. The van der Waals surface area contributed by atoms with Crippen LogP contribution in [0.4, 0.5) is 4.39 Å². The molecule has 1 aliphatic rings. The van der Waals surface area contributed by atoms with E-state index in [9.17, 15) is 4.39 Å². The maximum Gasteiger partial charge on any atom is 0.137 e. The lowest BCUT2D eigenvalue weighted by Crippen LogP contribution is -2.35. The van der Waals surface area contributed by atoms with Crippen molar-refractivity contribution >= 4 is 15.9 Å². The van der Waals surface area contributed by atoms with Crippen molar-refractivity contribution in [3.63, 3.8) is 0 Å². The van der Waals surface area contributed by atoms with Crippen LogP contribution < -0.4 is 0 Å². The molecule has 1 fully saturated rings. The molecule has 1 heterocycles. The standard InChI is InChI=1S/C10H10BrFO2/c11-10-7(2-1-3-9(10)12)4-14-8-5-13-6-8/h1-3,8H,4-6H2. The molecule has 0 unspecified atom stereocenters. The molecule has 0 aliphatic carbocycles. The zero-order chi connectivity index (χ0) is 9.97. The number of benzene rings is 1. The fourth-order valence-corrected chi connectivity index (χ4v) is 1.56. The van der Waals surface area contributed by atoms with Gasteiger partial charge in [-0.2, -0.15) is 0 Å². The monoisotopic (exact) mass is 260 g/mol. The van der Waals surface area contributed by atoms with Gasteiger partial charge < -0.3 is 9.47 Å². The molecular formula is C10H10BrFO2. The summed E-state index contributed by atoms with van der Waals surface area (Å²) in [5.74, 6) is -0.254. The van der Waals surface area contributed by atoms with Gasteiger partial charge in [0.2, 0.25) is 0 Å². The van der Waals surface area contributed by atoms with Crippen LogP contribution in [0, 0.1) is 5.82 Å². The maximum atomic E-state index is 13.1. The van der Waals surface area contributed by atoms with Gasteiger partial charge in [0, 0.05) is 0 Å². The summed E-state index contributed by atoms with van der Waals surface area (Å²) >= 11 is 3.18. The second kappa shape index (κ2) is 4.38. The Morgan fingerprint density at radius 3 is 2.93 bits per heavy atom. The Labute approximate surface area is 90.1 Å². The number of hydrogen-bond donors (Lipinski definition) is 0. The molecule has 2 nitrogen and oxygen atoms in total. The predicted octanol–water partition coefficient (Wildman–Crippen LogP) is 2.50. The summed E-state index contributed by atoms with van der Waals surface area (Å²) < 4.78 is 24.0. The van der Waals surface area contributed by atoms with E-state index < -0.39 is 0 Å². The molecule has 76 valence electrons. The van der Waals surface area contributed by atoms with Crippen LogP contribution in [0.25, 0.3) is 0 Å². The van der Waals surface area contributed by atoms with E-state index in [2.05, 4.69) is 15.9 Å². The van der Waals surface area contributed by atoms with Crippen LogP contribution in [0.2, 0.25) is 0 Å². The highest BCUT2D eigenvalue weighted by Gasteiger charge is 2.19. The highest BCUT2D eigenvalue weighted by atomic mass is 79.9. The Morgan fingerprint density at radius 2 is 2.29 bits per heavy atom. The second-order valence-corrected chi connectivity index (χ2v) is 3.98. The minimum Gasteiger partial charge on any atom is -0.376 e. The van der Waals surface area contributed by atoms with Crippen LogP contribution in [-0.2, 0) is 16.1 Å². The third-order valence-electron chi connectivity index (χ3n) is 2.11. The first kappa shape index (κ1) is 10.1. The Balaban J connectivity index is 1.97. The van der Waals surface area contributed by atoms with E-state index in [0.29, 0.717) is 24.3 Å². The van der Waals surface area contributed by atoms with Gasteiger partial charge >= 0.3 is 0 Å². The van der Waals surface area contributed by atoms with Gasteiger partial charge in [0.15, 0.2) is 0 Å². The van der Waals surface area contributed by atoms with Gasteiger partial charge in [0.25, 0.3) is 0 Å². The minimum absolute atomic E-state index is 0.171. The lowest BCUT2D eigenvalue weighted by Gasteiger charge is -2.26. The third kappa shape index (κ3) is 2.13. The average molecular weight is 261 g/mol. The second-order valence-electron chi connectivity index (χ2n) is 3.18. The normalized spacial score (nSPS) is 16.7. The van der Waals surface area contributed by atoms with Crippen LogP contribution in [-0.4, -0.2) is 19.3 Å². The van der Waals surface area contributed by atoms with Gasteiger partial charge in [-0.3, -0.25) is 0 Å². The molecule has 1 aliphatic heterocycles. The van der Waals surface area contributed by atoms with Gasteiger partial charge in [-0.1, -0.05) is 12.1 Å². The van der Waals surface area contributed by atoms with Crippen LogP contribution in [0.3, 0.4) is 0 Å². The van der Waals surface area contributed by atoms with Gasteiger partial charge in [0.05, 0.1) is 24.3 Å². The number of ether oxygens (including phenoxy) is 2. The van der Waals surface area contributed by atoms with E-state index in [0.717, 1.165) is 5.56 Å². The van der Waals surface area contributed by atoms with Crippen molar-refractivity contribution in [1.82, 2.24) is 0 Å². The van der Waals surface area contributed by atoms with Crippen LogP contribution in [0.1, 0.15) is 5.56 Å². The number of rotatable bonds is 3. The molecule has 0 radical (unpaired) electrons. The lowest BCUT2D eigenvalue weighted by atomic mass is 10.2. The number of halogens is 2. The largest absolute Gasteiger partial charge is 0.376 e. The Morgan fingerprint density at radius 1 is 1.50 bits per heavy atom. The van der Waals surface area contributed by atoms with Crippen molar-refractivity contribution < 1.29 is 13.9 Å². The fraction of sp³-hybridized carbons (Fsp3) is 0.400. The van der Waals surface area contributed by atoms with Crippen molar-refractivity contribution in [2.24, 2.45) is 0 Å². The first-order valence-corrected chi connectivity index (χ1v) is 5.19. The molecule has 1 aromatic carbocycles. The smallest absolute Gasteiger partial charge is 0.137 e. The molecule has 0 bridgehead atoms. The molecule has 4 heteroatoms. The van der Waals surface area contributed by atoms with Gasteiger partial charge in [-0.15, -0.1) is 0 Å². The summed E-state index contributed by atoms with van der Waals surface area (Å²) in [6.45, 7) is 1.71. The summed E-state index contributed by atoms with van der Waals surface area (Å²) in [5.41, 5.74) is 0.830. The van der Waals surface area contributed by atoms with Crippen LogP contribution in [0.5, 0.6) is 0 Å². The zero-order valence-electron chi connectivity index (χ0n) is 7.50. The molecule has 2 rings (SSSR count). The maximum absolute atomic E-state index is 13.1. The minimum atomic E-state index is -0.254. The topological polar surface area (TPSA) is 18.5 Å². The molecule has 14 heavy (non-hydrogen) atoms.